The zero-order valence-electron chi connectivity index (χ0n) is 17.3. The molecule has 4 rings (SSSR count). The molecule has 31 heavy (non-hydrogen) atoms. The van der Waals surface area contributed by atoms with Crippen molar-refractivity contribution in [3.63, 3.8) is 0 Å². The lowest BCUT2D eigenvalue weighted by atomic mass is 9.94. The summed E-state index contributed by atoms with van der Waals surface area (Å²) in [6.07, 6.45) is 5.80. The maximum atomic E-state index is 13.2. The number of esters is 1. The van der Waals surface area contributed by atoms with Crippen LogP contribution in [0.25, 0.3) is 0 Å². The number of thiazole rings is 1. The summed E-state index contributed by atoms with van der Waals surface area (Å²) in [5, 5.41) is 4.71. The standard InChI is InChI=1S/C22H25N3O4S2/c1-14(21(28)25(22-23-11-12-30-22)15-7-3-2-4-8-15)29-19(26)13-18-20(27)24-16-9-5-6-10-17(16)31-18/h5-6,9-12,14-15,18H,2-4,7-8,13H2,1H3,(H,24,27). The van der Waals surface area contributed by atoms with E-state index in [1.807, 2.05) is 29.6 Å². The Morgan fingerprint density at radius 3 is 2.77 bits per heavy atom. The van der Waals surface area contributed by atoms with Crippen LogP contribution >= 0.6 is 23.1 Å². The molecule has 2 aromatic rings. The summed E-state index contributed by atoms with van der Waals surface area (Å²) in [6, 6.07) is 7.54. The molecule has 0 bridgehead atoms. The van der Waals surface area contributed by atoms with E-state index in [9.17, 15) is 14.4 Å². The number of nitrogens with one attached hydrogen (secondary N) is 1. The highest BCUT2D eigenvalue weighted by Gasteiger charge is 2.35. The summed E-state index contributed by atoms with van der Waals surface area (Å²) in [4.78, 5) is 45.1. The fourth-order valence-corrected chi connectivity index (χ4v) is 5.79. The highest BCUT2D eigenvalue weighted by atomic mass is 32.2. The number of ether oxygens (including phenoxy) is 1. The fourth-order valence-electron chi connectivity index (χ4n) is 3.97. The molecule has 2 unspecified atom stereocenters. The fraction of sp³-hybridized carbons (Fsp3) is 0.455. The van der Waals surface area contributed by atoms with Crippen molar-refractivity contribution < 1.29 is 19.1 Å². The lowest BCUT2D eigenvalue weighted by Crippen LogP contribution is -2.47. The molecular formula is C22H25N3O4S2. The number of nitrogens with zero attached hydrogens (tertiary/aromatic N) is 2. The summed E-state index contributed by atoms with van der Waals surface area (Å²) in [5.41, 5.74) is 0.747. The van der Waals surface area contributed by atoms with Gasteiger partial charge in [-0.1, -0.05) is 31.4 Å². The van der Waals surface area contributed by atoms with Crippen molar-refractivity contribution in [2.75, 3.05) is 10.2 Å². The Morgan fingerprint density at radius 1 is 1.26 bits per heavy atom. The monoisotopic (exact) mass is 459 g/mol. The molecule has 1 aliphatic carbocycles. The first-order valence-corrected chi connectivity index (χ1v) is 12.3. The lowest BCUT2D eigenvalue weighted by molar-refractivity contribution is -0.154. The third-order valence-electron chi connectivity index (χ3n) is 5.52. The third kappa shape index (κ3) is 5.10. The van der Waals surface area contributed by atoms with Crippen molar-refractivity contribution >= 4 is 51.7 Å². The number of para-hydroxylation sites is 1. The van der Waals surface area contributed by atoms with E-state index in [0.717, 1.165) is 36.3 Å². The Bertz CT molecular complexity index is 944. The number of anilines is 2. The average Bonchev–Trinajstić information content (AvgIpc) is 3.29. The number of benzene rings is 1. The topological polar surface area (TPSA) is 88.6 Å². The van der Waals surface area contributed by atoms with Gasteiger partial charge in [-0.05, 0) is 31.9 Å². The maximum Gasteiger partial charge on any atom is 0.308 e. The average molecular weight is 460 g/mol. The molecule has 2 heterocycles. The van der Waals surface area contributed by atoms with Gasteiger partial charge >= 0.3 is 5.97 Å². The maximum absolute atomic E-state index is 13.2. The molecule has 0 spiro atoms. The zero-order valence-corrected chi connectivity index (χ0v) is 18.9. The summed E-state index contributed by atoms with van der Waals surface area (Å²) >= 11 is 2.75. The van der Waals surface area contributed by atoms with Crippen molar-refractivity contribution in [2.24, 2.45) is 0 Å². The number of amides is 2. The minimum absolute atomic E-state index is 0.0738. The van der Waals surface area contributed by atoms with E-state index < -0.39 is 17.3 Å². The number of aromatic nitrogens is 1. The predicted octanol–water partition coefficient (Wildman–Crippen LogP) is 4.24. The molecule has 1 N–H and O–H groups in total. The highest BCUT2D eigenvalue weighted by molar-refractivity contribution is 8.01. The number of hydrogen-bond donors (Lipinski definition) is 1. The molecule has 2 atom stereocenters. The number of carbonyl (C=O) groups is 3. The lowest BCUT2D eigenvalue weighted by Gasteiger charge is -2.34. The second-order valence-corrected chi connectivity index (χ2v) is 9.86. The van der Waals surface area contributed by atoms with E-state index in [1.54, 1.807) is 18.0 Å². The van der Waals surface area contributed by atoms with Gasteiger partial charge in [0.1, 0.15) is 0 Å². The van der Waals surface area contributed by atoms with Crippen molar-refractivity contribution in [2.45, 2.75) is 67.7 Å². The first-order valence-electron chi connectivity index (χ1n) is 10.5. The summed E-state index contributed by atoms with van der Waals surface area (Å²) in [5.74, 6) is -1.05. The van der Waals surface area contributed by atoms with Crippen LogP contribution in [0.5, 0.6) is 0 Å². The Labute approximate surface area is 189 Å². The van der Waals surface area contributed by atoms with Gasteiger partial charge in [0.2, 0.25) is 5.91 Å². The van der Waals surface area contributed by atoms with Gasteiger partial charge in [0, 0.05) is 22.5 Å². The van der Waals surface area contributed by atoms with Gasteiger partial charge in [-0.25, -0.2) is 4.98 Å². The van der Waals surface area contributed by atoms with Crippen LogP contribution in [-0.4, -0.2) is 40.2 Å². The minimum atomic E-state index is -0.942. The molecule has 1 aromatic carbocycles. The summed E-state index contributed by atoms with van der Waals surface area (Å²) in [6.45, 7) is 1.59. The van der Waals surface area contributed by atoms with Crippen LogP contribution in [0, 0.1) is 0 Å². The number of rotatable bonds is 6. The van der Waals surface area contributed by atoms with E-state index in [-0.39, 0.29) is 24.3 Å². The summed E-state index contributed by atoms with van der Waals surface area (Å²) < 4.78 is 5.47. The van der Waals surface area contributed by atoms with Crippen molar-refractivity contribution in [3.05, 3.63) is 35.8 Å². The van der Waals surface area contributed by atoms with E-state index >= 15 is 0 Å². The number of hydrogen-bond acceptors (Lipinski definition) is 7. The Morgan fingerprint density at radius 2 is 2.03 bits per heavy atom. The van der Waals surface area contributed by atoms with Crippen LogP contribution in [0.1, 0.15) is 45.4 Å². The molecule has 1 saturated carbocycles. The van der Waals surface area contributed by atoms with Crippen LogP contribution in [0.3, 0.4) is 0 Å². The van der Waals surface area contributed by atoms with Crippen LogP contribution < -0.4 is 10.2 Å². The largest absolute Gasteiger partial charge is 0.452 e. The van der Waals surface area contributed by atoms with E-state index in [4.69, 9.17) is 4.74 Å². The molecule has 1 aliphatic heterocycles. The number of fused-ring (bicyclic) bond motifs is 1. The molecular weight excluding hydrogens is 434 g/mol. The SMILES string of the molecule is CC(OC(=O)CC1Sc2ccccc2NC1=O)C(=O)N(c1nccs1)C1CCCCC1. The number of thioether (sulfide) groups is 1. The molecule has 9 heteroatoms. The third-order valence-corrected chi connectivity index (χ3v) is 7.56. The Kier molecular flexibility index (Phi) is 6.92. The van der Waals surface area contributed by atoms with Gasteiger partial charge in [-0.15, -0.1) is 23.1 Å². The van der Waals surface area contributed by atoms with Crippen LogP contribution in [0.4, 0.5) is 10.8 Å². The molecule has 2 amide bonds. The van der Waals surface area contributed by atoms with Crippen LogP contribution in [0.2, 0.25) is 0 Å². The van der Waals surface area contributed by atoms with Gasteiger partial charge in [-0.2, -0.15) is 0 Å². The normalized spacial score (nSPS) is 19.8. The first kappa shape index (κ1) is 21.8. The molecule has 164 valence electrons. The van der Waals surface area contributed by atoms with Gasteiger partial charge in [0.25, 0.3) is 5.91 Å². The molecule has 7 nitrogen and oxygen atoms in total. The van der Waals surface area contributed by atoms with Gasteiger partial charge in [-0.3, -0.25) is 19.3 Å². The van der Waals surface area contributed by atoms with Crippen molar-refractivity contribution in [1.82, 2.24) is 4.98 Å². The quantitative estimate of drug-likeness (QED) is 0.650. The molecule has 2 aliphatic rings. The van der Waals surface area contributed by atoms with E-state index in [0.29, 0.717) is 5.13 Å². The predicted molar refractivity (Wildman–Crippen MR) is 121 cm³/mol. The first-order chi connectivity index (χ1) is 15.0. The van der Waals surface area contributed by atoms with Crippen LogP contribution in [0.15, 0.2) is 40.7 Å². The second kappa shape index (κ2) is 9.82. The molecule has 1 fully saturated rings. The Balaban J connectivity index is 1.39. The smallest absolute Gasteiger partial charge is 0.308 e. The van der Waals surface area contributed by atoms with Gasteiger partial charge < -0.3 is 10.1 Å². The molecule has 1 aromatic heterocycles. The van der Waals surface area contributed by atoms with Crippen molar-refractivity contribution in [1.29, 1.82) is 0 Å². The molecule has 0 saturated heterocycles. The minimum Gasteiger partial charge on any atom is -0.452 e. The molecule has 0 radical (unpaired) electrons. The van der Waals surface area contributed by atoms with Crippen LogP contribution in [-0.2, 0) is 19.1 Å². The Hall–Kier alpha value is -2.39. The second-order valence-electron chi connectivity index (χ2n) is 7.74. The van der Waals surface area contributed by atoms with E-state index in [2.05, 4.69) is 10.3 Å². The summed E-state index contributed by atoms with van der Waals surface area (Å²) in [7, 11) is 0. The van der Waals surface area contributed by atoms with Gasteiger partial charge in [0.15, 0.2) is 11.2 Å². The van der Waals surface area contributed by atoms with Crippen molar-refractivity contribution in [3.8, 4) is 0 Å². The highest BCUT2D eigenvalue weighted by Crippen LogP contribution is 2.37. The number of carbonyl (C=O) groups excluding carboxylic acids is 3. The van der Waals surface area contributed by atoms with Gasteiger partial charge in [0.05, 0.1) is 17.4 Å². The van der Waals surface area contributed by atoms with E-state index in [1.165, 1.54) is 29.5 Å². The zero-order chi connectivity index (χ0) is 21.8.